The maximum Gasteiger partial charge on any atom is 0.241 e. The molecule has 0 aliphatic carbocycles. The van der Waals surface area contributed by atoms with Crippen molar-refractivity contribution in [2.45, 2.75) is 13.1 Å². The Morgan fingerprint density at radius 2 is 2.09 bits per heavy atom. The Morgan fingerprint density at radius 1 is 1.22 bits per heavy atom. The van der Waals surface area contributed by atoms with Crippen molar-refractivity contribution in [3.05, 3.63) is 65.0 Å². The summed E-state index contributed by atoms with van der Waals surface area (Å²) in [4.78, 5) is 10.2. The topological polar surface area (TPSA) is 55.1 Å². The number of halogens is 2. The monoisotopic (exact) mass is 332 g/mol. The zero-order chi connectivity index (χ0) is 16.2. The second-order valence-electron chi connectivity index (χ2n) is 5.13. The normalized spacial score (nSPS) is 11.1. The molecule has 0 spiro atoms. The van der Waals surface area contributed by atoms with E-state index in [9.17, 15) is 4.39 Å². The lowest BCUT2D eigenvalue weighted by Gasteiger charge is -2.15. The van der Waals surface area contributed by atoms with E-state index in [2.05, 4.69) is 15.1 Å². The van der Waals surface area contributed by atoms with Crippen molar-refractivity contribution in [2.75, 3.05) is 7.05 Å². The third kappa shape index (κ3) is 3.72. The SMILES string of the molecule is CN(Cc1nc(-c2cccnc2)no1)Cc1c(F)cccc1Cl. The minimum atomic E-state index is -0.328. The fourth-order valence-corrected chi connectivity index (χ4v) is 2.39. The summed E-state index contributed by atoms with van der Waals surface area (Å²) < 4.78 is 19.0. The first-order valence-corrected chi connectivity index (χ1v) is 7.35. The summed E-state index contributed by atoms with van der Waals surface area (Å²) in [5.74, 6) is 0.593. The van der Waals surface area contributed by atoms with Crippen LogP contribution in [0.5, 0.6) is 0 Å². The smallest absolute Gasteiger partial charge is 0.241 e. The van der Waals surface area contributed by atoms with Gasteiger partial charge in [-0.15, -0.1) is 0 Å². The summed E-state index contributed by atoms with van der Waals surface area (Å²) in [5, 5.41) is 4.33. The van der Waals surface area contributed by atoms with E-state index in [4.69, 9.17) is 16.1 Å². The Labute approximate surface area is 137 Å². The molecule has 0 N–H and O–H groups in total. The van der Waals surface area contributed by atoms with Crippen LogP contribution in [-0.2, 0) is 13.1 Å². The second-order valence-corrected chi connectivity index (χ2v) is 5.53. The van der Waals surface area contributed by atoms with E-state index in [1.54, 1.807) is 30.6 Å². The highest BCUT2D eigenvalue weighted by molar-refractivity contribution is 6.31. The molecule has 7 heteroatoms. The Bertz CT molecular complexity index is 774. The van der Waals surface area contributed by atoms with Gasteiger partial charge in [0.05, 0.1) is 6.54 Å². The van der Waals surface area contributed by atoms with Gasteiger partial charge in [-0.25, -0.2) is 4.39 Å². The van der Waals surface area contributed by atoms with Gasteiger partial charge in [-0.1, -0.05) is 22.8 Å². The number of hydrogen-bond acceptors (Lipinski definition) is 5. The molecular weight excluding hydrogens is 319 g/mol. The summed E-state index contributed by atoms with van der Waals surface area (Å²) in [6, 6.07) is 8.30. The molecular formula is C16H14ClFN4O. The molecule has 0 saturated carbocycles. The van der Waals surface area contributed by atoms with Gasteiger partial charge in [-0.2, -0.15) is 4.98 Å². The van der Waals surface area contributed by atoms with Gasteiger partial charge in [0.1, 0.15) is 5.82 Å². The van der Waals surface area contributed by atoms with Gasteiger partial charge in [0, 0.05) is 35.1 Å². The molecule has 0 aliphatic heterocycles. The van der Waals surface area contributed by atoms with Crippen LogP contribution in [0.4, 0.5) is 4.39 Å². The molecule has 0 atom stereocenters. The molecule has 3 rings (SSSR count). The Balaban J connectivity index is 1.69. The van der Waals surface area contributed by atoms with E-state index in [1.807, 2.05) is 18.0 Å². The molecule has 0 saturated heterocycles. The lowest BCUT2D eigenvalue weighted by Crippen LogP contribution is -2.18. The first kappa shape index (κ1) is 15.6. The fraction of sp³-hybridized carbons (Fsp3) is 0.188. The van der Waals surface area contributed by atoms with Crippen LogP contribution in [0.25, 0.3) is 11.4 Å². The van der Waals surface area contributed by atoms with Crippen molar-refractivity contribution < 1.29 is 8.91 Å². The quantitative estimate of drug-likeness (QED) is 0.715. The van der Waals surface area contributed by atoms with Crippen LogP contribution >= 0.6 is 11.6 Å². The van der Waals surface area contributed by atoms with Gasteiger partial charge in [0.15, 0.2) is 0 Å². The molecule has 2 heterocycles. The highest BCUT2D eigenvalue weighted by Crippen LogP contribution is 2.21. The molecule has 23 heavy (non-hydrogen) atoms. The van der Waals surface area contributed by atoms with Crippen LogP contribution in [0, 0.1) is 5.82 Å². The molecule has 0 bridgehead atoms. The maximum atomic E-state index is 13.8. The average Bonchev–Trinajstić information content (AvgIpc) is 3.00. The van der Waals surface area contributed by atoms with Gasteiger partial charge in [0.25, 0.3) is 0 Å². The van der Waals surface area contributed by atoms with E-state index >= 15 is 0 Å². The third-order valence-corrected chi connectivity index (χ3v) is 3.64. The van der Waals surface area contributed by atoms with Crippen molar-refractivity contribution in [3.63, 3.8) is 0 Å². The van der Waals surface area contributed by atoms with Crippen LogP contribution in [0.15, 0.2) is 47.2 Å². The Morgan fingerprint density at radius 3 is 2.83 bits per heavy atom. The van der Waals surface area contributed by atoms with Gasteiger partial charge in [0.2, 0.25) is 11.7 Å². The molecule has 1 aromatic carbocycles. The van der Waals surface area contributed by atoms with E-state index in [1.165, 1.54) is 6.07 Å². The molecule has 5 nitrogen and oxygen atoms in total. The van der Waals surface area contributed by atoms with Crippen LogP contribution in [0.2, 0.25) is 5.02 Å². The fourth-order valence-electron chi connectivity index (χ4n) is 2.17. The number of rotatable bonds is 5. The minimum Gasteiger partial charge on any atom is -0.338 e. The lowest BCUT2D eigenvalue weighted by atomic mass is 10.2. The average molecular weight is 333 g/mol. The zero-order valence-corrected chi connectivity index (χ0v) is 13.2. The van der Waals surface area contributed by atoms with Crippen molar-refractivity contribution >= 4 is 11.6 Å². The van der Waals surface area contributed by atoms with E-state index < -0.39 is 0 Å². The summed E-state index contributed by atoms with van der Waals surface area (Å²) >= 11 is 6.04. The van der Waals surface area contributed by atoms with Crippen LogP contribution in [0.1, 0.15) is 11.5 Å². The van der Waals surface area contributed by atoms with Crippen LogP contribution in [0.3, 0.4) is 0 Å². The number of pyridine rings is 1. The highest BCUT2D eigenvalue weighted by atomic mass is 35.5. The van der Waals surface area contributed by atoms with E-state index in [0.717, 1.165) is 5.56 Å². The summed E-state index contributed by atoms with van der Waals surface area (Å²) in [6.45, 7) is 0.730. The van der Waals surface area contributed by atoms with Gasteiger partial charge in [-0.3, -0.25) is 9.88 Å². The summed E-state index contributed by atoms with van der Waals surface area (Å²) in [5.41, 5.74) is 1.23. The number of aromatic nitrogens is 3. The molecule has 0 aliphatic rings. The number of nitrogens with zero attached hydrogens (tertiary/aromatic N) is 4. The predicted octanol–water partition coefficient (Wildman–Crippen LogP) is 3.56. The van der Waals surface area contributed by atoms with E-state index in [0.29, 0.717) is 35.4 Å². The van der Waals surface area contributed by atoms with Gasteiger partial charge < -0.3 is 4.52 Å². The first-order valence-electron chi connectivity index (χ1n) is 6.98. The maximum absolute atomic E-state index is 13.8. The molecule has 2 aromatic heterocycles. The minimum absolute atomic E-state index is 0.328. The number of benzene rings is 1. The van der Waals surface area contributed by atoms with Crippen molar-refractivity contribution in [1.29, 1.82) is 0 Å². The van der Waals surface area contributed by atoms with Crippen molar-refractivity contribution in [1.82, 2.24) is 20.0 Å². The predicted molar refractivity (Wildman–Crippen MR) is 84.1 cm³/mol. The lowest BCUT2D eigenvalue weighted by molar-refractivity contribution is 0.258. The largest absolute Gasteiger partial charge is 0.338 e. The second kappa shape index (κ2) is 6.85. The first-order chi connectivity index (χ1) is 11.1. The molecule has 0 amide bonds. The van der Waals surface area contributed by atoms with Crippen molar-refractivity contribution in [2.24, 2.45) is 0 Å². The Hall–Kier alpha value is -2.31. The standard InChI is InChI=1S/C16H14ClFN4O/c1-22(9-12-13(17)5-2-6-14(12)18)10-15-20-16(21-23-15)11-4-3-7-19-8-11/h2-8H,9-10H2,1H3. The highest BCUT2D eigenvalue weighted by Gasteiger charge is 2.14. The molecule has 0 radical (unpaired) electrons. The molecule has 0 unspecified atom stereocenters. The molecule has 3 aromatic rings. The van der Waals surface area contributed by atoms with E-state index in [-0.39, 0.29) is 5.82 Å². The Kier molecular flexibility index (Phi) is 4.64. The van der Waals surface area contributed by atoms with Crippen LogP contribution in [-0.4, -0.2) is 27.1 Å². The third-order valence-electron chi connectivity index (χ3n) is 3.28. The van der Waals surface area contributed by atoms with Gasteiger partial charge in [-0.05, 0) is 31.3 Å². The molecule has 0 fully saturated rings. The van der Waals surface area contributed by atoms with Gasteiger partial charge >= 0.3 is 0 Å². The zero-order valence-electron chi connectivity index (χ0n) is 12.4. The summed E-state index contributed by atoms with van der Waals surface area (Å²) in [7, 11) is 1.83. The van der Waals surface area contributed by atoms with Crippen molar-refractivity contribution in [3.8, 4) is 11.4 Å². The number of hydrogen-bond donors (Lipinski definition) is 0. The molecule has 118 valence electrons. The van der Waals surface area contributed by atoms with Crippen LogP contribution < -0.4 is 0 Å². The summed E-state index contributed by atoms with van der Waals surface area (Å²) in [6.07, 6.45) is 3.34.